The normalized spacial score (nSPS) is 16.4. The molecule has 2 aromatic rings. The van der Waals surface area contributed by atoms with Crippen molar-refractivity contribution < 1.29 is 23.1 Å². The zero-order chi connectivity index (χ0) is 20.3. The molecule has 0 spiro atoms. The van der Waals surface area contributed by atoms with Crippen molar-refractivity contribution in [3.63, 3.8) is 0 Å². The zero-order valence-electron chi connectivity index (χ0n) is 15.3. The van der Waals surface area contributed by atoms with Gasteiger partial charge in [0.15, 0.2) is 6.10 Å². The van der Waals surface area contributed by atoms with Crippen LogP contribution in [-0.2, 0) is 19.7 Å². The molecule has 1 saturated carbocycles. The number of esters is 1. The van der Waals surface area contributed by atoms with Gasteiger partial charge in [-0.1, -0.05) is 36.6 Å². The lowest BCUT2D eigenvalue weighted by atomic mass is 9.79. The highest BCUT2D eigenvalue weighted by Gasteiger charge is 2.45. The fraction of sp³-hybridized carbons (Fsp3) is 0.333. The Morgan fingerprint density at radius 3 is 2.29 bits per heavy atom. The van der Waals surface area contributed by atoms with Gasteiger partial charge in [0.1, 0.15) is 11.6 Å². The minimum Gasteiger partial charge on any atom is -0.452 e. The second kappa shape index (κ2) is 8.27. The van der Waals surface area contributed by atoms with Crippen LogP contribution in [0.5, 0.6) is 0 Å². The Hall–Kier alpha value is -2.47. The van der Waals surface area contributed by atoms with Gasteiger partial charge in [-0.3, -0.25) is 9.59 Å². The monoisotopic (exact) mass is 407 g/mol. The summed E-state index contributed by atoms with van der Waals surface area (Å²) >= 11 is 5.91. The van der Waals surface area contributed by atoms with Crippen LogP contribution in [0.2, 0.25) is 5.02 Å². The van der Waals surface area contributed by atoms with Gasteiger partial charge in [0, 0.05) is 0 Å². The van der Waals surface area contributed by atoms with E-state index in [1.165, 1.54) is 31.2 Å². The van der Waals surface area contributed by atoms with Gasteiger partial charge in [0.05, 0.1) is 16.1 Å². The Morgan fingerprint density at radius 2 is 1.68 bits per heavy atom. The molecule has 0 aliphatic heterocycles. The zero-order valence-corrected chi connectivity index (χ0v) is 16.1. The molecule has 0 aromatic heterocycles. The molecule has 1 amide bonds. The molecule has 0 heterocycles. The van der Waals surface area contributed by atoms with Crippen molar-refractivity contribution >= 4 is 29.2 Å². The number of nitrogens with one attached hydrogen (secondary N) is 1. The van der Waals surface area contributed by atoms with E-state index in [-0.39, 0.29) is 16.5 Å². The molecule has 28 heavy (non-hydrogen) atoms. The van der Waals surface area contributed by atoms with Gasteiger partial charge in [0.2, 0.25) is 0 Å². The molecule has 3 rings (SSSR count). The van der Waals surface area contributed by atoms with Crippen LogP contribution >= 0.6 is 11.6 Å². The highest BCUT2D eigenvalue weighted by Crippen LogP contribution is 2.42. The van der Waals surface area contributed by atoms with Crippen LogP contribution in [0.15, 0.2) is 42.5 Å². The lowest BCUT2D eigenvalue weighted by Gasteiger charge is -2.28. The van der Waals surface area contributed by atoms with Crippen molar-refractivity contribution in [2.45, 2.75) is 44.1 Å². The fourth-order valence-electron chi connectivity index (χ4n) is 3.51. The number of rotatable bonds is 5. The van der Waals surface area contributed by atoms with Crippen molar-refractivity contribution in [1.29, 1.82) is 0 Å². The first kappa shape index (κ1) is 20.3. The second-order valence-corrected chi connectivity index (χ2v) is 7.36. The molecule has 1 N–H and O–H groups in total. The molecule has 148 valence electrons. The molecule has 2 aromatic carbocycles. The number of carbonyl (C=O) groups excluding carboxylic acids is 2. The quantitative estimate of drug-likeness (QED) is 0.709. The minimum atomic E-state index is -1.08. The summed E-state index contributed by atoms with van der Waals surface area (Å²) in [6.07, 6.45) is 1.77. The summed E-state index contributed by atoms with van der Waals surface area (Å²) in [7, 11) is 0. The van der Waals surface area contributed by atoms with Crippen molar-refractivity contribution in [1.82, 2.24) is 0 Å². The Balaban J connectivity index is 1.72. The maximum atomic E-state index is 13.3. The summed E-state index contributed by atoms with van der Waals surface area (Å²) < 4.78 is 31.9. The van der Waals surface area contributed by atoms with Crippen LogP contribution in [0.3, 0.4) is 0 Å². The van der Waals surface area contributed by atoms with Gasteiger partial charge < -0.3 is 10.1 Å². The van der Waals surface area contributed by atoms with Crippen molar-refractivity contribution in [3.8, 4) is 0 Å². The summed E-state index contributed by atoms with van der Waals surface area (Å²) in [5, 5.41) is 2.58. The number of ether oxygens (including phenoxy) is 1. The summed E-state index contributed by atoms with van der Waals surface area (Å²) in [6.45, 7) is 1.46. The van der Waals surface area contributed by atoms with Gasteiger partial charge in [-0.05, 0) is 55.7 Å². The first-order valence-corrected chi connectivity index (χ1v) is 9.43. The van der Waals surface area contributed by atoms with Crippen molar-refractivity contribution in [2.75, 3.05) is 5.32 Å². The van der Waals surface area contributed by atoms with Crippen LogP contribution in [0.4, 0.5) is 14.5 Å². The van der Waals surface area contributed by atoms with E-state index in [0.29, 0.717) is 18.4 Å². The largest absolute Gasteiger partial charge is 0.452 e. The van der Waals surface area contributed by atoms with Crippen LogP contribution in [0, 0.1) is 11.6 Å². The van der Waals surface area contributed by atoms with Gasteiger partial charge in [-0.2, -0.15) is 0 Å². The smallest absolute Gasteiger partial charge is 0.317 e. The molecule has 7 heteroatoms. The van der Waals surface area contributed by atoms with Crippen LogP contribution < -0.4 is 5.32 Å². The van der Waals surface area contributed by atoms with Gasteiger partial charge in [-0.25, -0.2) is 8.78 Å². The van der Waals surface area contributed by atoms with E-state index in [1.807, 2.05) is 0 Å². The van der Waals surface area contributed by atoms with Crippen molar-refractivity contribution in [2.24, 2.45) is 0 Å². The molecular formula is C21H20ClF2NO3. The van der Waals surface area contributed by atoms with Crippen LogP contribution in [-0.4, -0.2) is 18.0 Å². The molecule has 1 atom stereocenters. The number of carbonyl (C=O) groups is 2. The third kappa shape index (κ3) is 4.17. The number of hydrogen-bond donors (Lipinski definition) is 1. The fourth-order valence-corrected chi connectivity index (χ4v) is 3.72. The number of anilines is 1. The average molecular weight is 408 g/mol. The molecule has 0 radical (unpaired) electrons. The molecule has 0 bridgehead atoms. The Labute approximate surface area is 166 Å². The molecular weight excluding hydrogens is 388 g/mol. The van der Waals surface area contributed by atoms with E-state index in [4.69, 9.17) is 16.3 Å². The van der Waals surface area contributed by atoms with Crippen LogP contribution in [0.25, 0.3) is 0 Å². The van der Waals surface area contributed by atoms with Crippen LogP contribution in [0.1, 0.15) is 38.2 Å². The average Bonchev–Trinajstić information content (AvgIpc) is 3.15. The Morgan fingerprint density at radius 1 is 1.07 bits per heavy atom. The van der Waals surface area contributed by atoms with E-state index >= 15 is 0 Å². The lowest BCUT2D eigenvalue weighted by molar-refractivity contribution is -0.159. The predicted molar refractivity (Wildman–Crippen MR) is 102 cm³/mol. The second-order valence-electron chi connectivity index (χ2n) is 6.96. The molecule has 4 nitrogen and oxygen atoms in total. The molecule has 1 aliphatic carbocycles. The highest BCUT2D eigenvalue weighted by molar-refractivity contribution is 6.33. The predicted octanol–water partition coefficient (Wildman–Crippen LogP) is 5.00. The number of hydrogen-bond acceptors (Lipinski definition) is 3. The van der Waals surface area contributed by atoms with Gasteiger partial charge >= 0.3 is 5.97 Å². The summed E-state index contributed by atoms with van der Waals surface area (Å²) in [5.41, 5.74) is 0.0334. The van der Waals surface area contributed by atoms with Crippen molar-refractivity contribution in [3.05, 3.63) is 64.7 Å². The maximum absolute atomic E-state index is 13.3. The van der Waals surface area contributed by atoms with E-state index in [0.717, 1.165) is 18.9 Å². The third-order valence-corrected chi connectivity index (χ3v) is 5.40. The summed E-state index contributed by atoms with van der Waals surface area (Å²) in [5.74, 6) is -1.99. The van der Waals surface area contributed by atoms with E-state index in [1.54, 1.807) is 12.1 Å². The molecule has 1 fully saturated rings. The highest BCUT2D eigenvalue weighted by atomic mass is 35.5. The summed E-state index contributed by atoms with van der Waals surface area (Å²) in [4.78, 5) is 25.4. The Kier molecular flexibility index (Phi) is 5.98. The molecule has 0 saturated heterocycles. The SMILES string of the molecule is C[C@H](OC(=O)C1(c2ccc(F)cc2)CCCC1)C(=O)Nc1ccc(F)cc1Cl. The number of amides is 1. The molecule has 0 unspecified atom stereocenters. The molecule has 1 aliphatic rings. The maximum Gasteiger partial charge on any atom is 0.317 e. The van der Waals surface area contributed by atoms with E-state index in [2.05, 4.69) is 5.32 Å². The lowest BCUT2D eigenvalue weighted by Crippen LogP contribution is -2.39. The van der Waals surface area contributed by atoms with E-state index in [9.17, 15) is 18.4 Å². The Bertz CT molecular complexity index is 880. The number of benzene rings is 2. The number of halogens is 3. The van der Waals surface area contributed by atoms with E-state index < -0.39 is 29.2 Å². The minimum absolute atomic E-state index is 0.0467. The van der Waals surface area contributed by atoms with Gasteiger partial charge in [0.25, 0.3) is 5.91 Å². The first-order valence-electron chi connectivity index (χ1n) is 9.05. The first-order chi connectivity index (χ1) is 13.3. The third-order valence-electron chi connectivity index (χ3n) is 5.09. The van der Waals surface area contributed by atoms with Gasteiger partial charge in [-0.15, -0.1) is 0 Å². The topological polar surface area (TPSA) is 55.4 Å². The standard InChI is InChI=1S/C21H20ClF2NO3/c1-13(19(26)25-18-9-8-16(24)12-17(18)22)28-20(27)21(10-2-3-11-21)14-4-6-15(23)7-5-14/h4-9,12-13H,2-3,10-11H2,1H3,(H,25,26)/t13-/m0/s1. The summed E-state index contributed by atoms with van der Waals surface area (Å²) in [6, 6.07) is 9.39.